The summed E-state index contributed by atoms with van der Waals surface area (Å²) in [6.45, 7) is 2.44. The number of urea groups is 1. The maximum absolute atomic E-state index is 13.0. The predicted octanol–water partition coefficient (Wildman–Crippen LogP) is 2.66. The molecule has 0 bridgehead atoms. The Kier molecular flexibility index (Phi) is 5.72. The van der Waals surface area contributed by atoms with Crippen LogP contribution in [0.4, 0.5) is 16.3 Å². The van der Waals surface area contributed by atoms with E-state index in [-0.39, 0.29) is 23.0 Å². The number of hydrogen-bond donors (Lipinski definition) is 1. The molecule has 3 amide bonds. The molecule has 1 spiro atoms. The van der Waals surface area contributed by atoms with E-state index in [4.69, 9.17) is 0 Å². The number of aromatic nitrogens is 1. The number of pyridine rings is 1. The van der Waals surface area contributed by atoms with E-state index in [0.29, 0.717) is 19.6 Å². The highest BCUT2D eigenvalue weighted by Gasteiger charge is 2.50. The SMILES string of the molecule is CN1CCN(c2ccc(N3C[C@]4(CC[C@@](c5ccccc5)(N(C)C)CC4)NC3=O)cn2)CC1=O. The van der Waals surface area contributed by atoms with E-state index < -0.39 is 0 Å². The highest BCUT2D eigenvalue weighted by molar-refractivity contribution is 5.95. The first-order valence-corrected chi connectivity index (χ1v) is 12.1. The smallest absolute Gasteiger partial charge is 0.322 e. The summed E-state index contributed by atoms with van der Waals surface area (Å²) in [4.78, 5) is 37.5. The van der Waals surface area contributed by atoms with Crippen LogP contribution in [0, 0.1) is 0 Å². The van der Waals surface area contributed by atoms with Crippen LogP contribution in [-0.4, -0.2) is 79.6 Å². The molecule has 0 atom stereocenters. The fourth-order valence-electron chi connectivity index (χ4n) is 5.76. The van der Waals surface area contributed by atoms with Gasteiger partial charge in [-0.3, -0.25) is 14.6 Å². The van der Waals surface area contributed by atoms with Crippen molar-refractivity contribution in [3.63, 3.8) is 0 Å². The molecule has 1 aromatic heterocycles. The lowest BCUT2D eigenvalue weighted by atomic mass is 9.69. The van der Waals surface area contributed by atoms with Gasteiger partial charge in [-0.05, 0) is 57.5 Å². The van der Waals surface area contributed by atoms with Gasteiger partial charge in [-0.15, -0.1) is 0 Å². The van der Waals surface area contributed by atoms with E-state index >= 15 is 0 Å². The molecule has 3 heterocycles. The zero-order chi connectivity index (χ0) is 23.9. The molecule has 3 fully saturated rings. The van der Waals surface area contributed by atoms with Crippen LogP contribution in [0.1, 0.15) is 31.2 Å². The average molecular weight is 463 g/mol. The van der Waals surface area contributed by atoms with E-state index in [1.54, 1.807) is 11.1 Å². The lowest BCUT2D eigenvalue weighted by Crippen LogP contribution is -2.54. The maximum Gasteiger partial charge on any atom is 0.322 e. The van der Waals surface area contributed by atoms with Crippen LogP contribution in [0.15, 0.2) is 48.7 Å². The number of carbonyl (C=O) groups excluding carboxylic acids is 2. The van der Waals surface area contributed by atoms with Gasteiger partial charge in [0.1, 0.15) is 5.82 Å². The number of amides is 3. The first-order chi connectivity index (χ1) is 16.3. The number of rotatable bonds is 4. The quantitative estimate of drug-likeness (QED) is 0.757. The van der Waals surface area contributed by atoms with Gasteiger partial charge in [0.15, 0.2) is 0 Å². The lowest BCUT2D eigenvalue weighted by molar-refractivity contribution is -0.129. The van der Waals surface area contributed by atoms with Gasteiger partial charge in [0.05, 0.1) is 30.5 Å². The highest BCUT2D eigenvalue weighted by atomic mass is 16.2. The third-order valence-electron chi connectivity index (χ3n) is 8.10. The third kappa shape index (κ3) is 3.90. The van der Waals surface area contributed by atoms with Crippen LogP contribution >= 0.6 is 0 Å². The molecule has 3 aliphatic rings. The lowest BCUT2D eigenvalue weighted by Gasteiger charge is -2.48. The first kappa shape index (κ1) is 22.7. The number of carbonyl (C=O) groups is 2. The van der Waals surface area contributed by atoms with E-state index in [9.17, 15) is 9.59 Å². The van der Waals surface area contributed by atoms with Gasteiger partial charge < -0.3 is 15.1 Å². The Balaban J connectivity index is 1.28. The number of hydrogen-bond acceptors (Lipinski definition) is 5. The molecule has 2 aliphatic heterocycles. The topological polar surface area (TPSA) is 72.0 Å². The summed E-state index contributed by atoms with van der Waals surface area (Å²) in [5.74, 6) is 0.871. The van der Waals surface area contributed by atoms with Crippen molar-refractivity contribution in [3.05, 3.63) is 54.2 Å². The van der Waals surface area contributed by atoms with Crippen LogP contribution in [0.2, 0.25) is 0 Å². The van der Waals surface area contributed by atoms with Crippen LogP contribution in [0.3, 0.4) is 0 Å². The second-order valence-electron chi connectivity index (χ2n) is 10.2. The Morgan fingerprint density at radius 3 is 2.32 bits per heavy atom. The molecule has 8 heteroatoms. The number of piperazine rings is 1. The zero-order valence-electron chi connectivity index (χ0n) is 20.3. The average Bonchev–Trinajstić information content (AvgIpc) is 3.17. The molecule has 2 saturated heterocycles. The predicted molar refractivity (Wildman–Crippen MR) is 133 cm³/mol. The highest BCUT2D eigenvalue weighted by Crippen LogP contribution is 2.46. The number of benzene rings is 1. The molecule has 1 saturated carbocycles. The third-order valence-corrected chi connectivity index (χ3v) is 8.10. The van der Waals surface area contributed by atoms with Gasteiger partial charge in [0, 0.05) is 25.7 Å². The van der Waals surface area contributed by atoms with Gasteiger partial charge in [0.25, 0.3) is 0 Å². The molecule has 1 N–H and O–H groups in total. The summed E-state index contributed by atoms with van der Waals surface area (Å²) in [6.07, 6.45) is 5.60. The number of nitrogens with one attached hydrogen (secondary N) is 1. The van der Waals surface area contributed by atoms with Crippen LogP contribution in [-0.2, 0) is 10.3 Å². The molecule has 1 aromatic carbocycles. The van der Waals surface area contributed by atoms with Gasteiger partial charge in [-0.25, -0.2) is 9.78 Å². The van der Waals surface area contributed by atoms with Crippen molar-refractivity contribution >= 4 is 23.4 Å². The Labute approximate surface area is 201 Å². The van der Waals surface area contributed by atoms with Crippen molar-refractivity contribution in [2.75, 3.05) is 57.1 Å². The number of anilines is 2. The van der Waals surface area contributed by atoms with Crippen molar-refractivity contribution in [3.8, 4) is 0 Å². The molecule has 34 heavy (non-hydrogen) atoms. The zero-order valence-corrected chi connectivity index (χ0v) is 20.3. The molecule has 0 radical (unpaired) electrons. The van der Waals surface area contributed by atoms with Gasteiger partial charge in [-0.1, -0.05) is 30.3 Å². The second kappa shape index (κ2) is 8.58. The van der Waals surface area contributed by atoms with Crippen molar-refractivity contribution in [2.45, 2.75) is 36.8 Å². The normalized spacial score (nSPS) is 27.6. The summed E-state index contributed by atoms with van der Waals surface area (Å²) >= 11 is 0. The molecule has 2 aromatic rings. The van der Waals surface area contributed by atoms with E-state index in [1.807, 2.05) is 29.0 Å². The fraction of sp³-hybridized carbons (Fsp3) is 0.500. The van der Waals surface area contributed by atoms with Gasteiger partial charge >= 0.3 is 6.03 Å². The number of likely N-dealkylation sites (N-methyl/N-ethyl adjacent to an activating group) is 1. The summed E-state index contributed by atoms with van der Waals surface area (Å²) < 4.78 is 0. The molecular weight excluding hydrogens is 428 g/mol. The van der Waals surface area contributed by atoms with Gasteiger partial charge in [-0.2, -0.15) is 0 Å². The largest absolute Gasteiger partial charge is 0.346 e. The van der Waals surface area contributed by atoms with E-state index in [1.165, 1.54) is 5.56 Å². The first-order valence-electron chi connectivity index (χ1n) is 12.1. The minimum Gasteiger partial charge on any atom is -0.346 e. The summed E-state index contributed by atoms with van der Waals surface area (Å²) in [6, 6.07) is 14.5. The fourth-order valence-corrected chi connectivity index (χ4v) is 5.76. The molecule has 180 valence electrons. The molecule has 5 rings (SSSR count). The monoisotopic (exact) mass is 462 g/mol. The number of nitrogens with zero attached hydrogens (tertiary/aromatic N) is 5. The molecule has 8 nitrogen and oxygen atoms in total. The summed E-state index contributed by atoms with van der Waals surface area (Å²) in [7, 11) is 6.14. The second-order valence-corrected chi connectivity index (χ2v) is 10.2. The van der Waals surface area contributed by atoms with Crippen molar-refractivity contribution < 1.29 is 9.59 Å². The molecule has 0 unspecified atom stereocenters. The Morgan fingerprint density at radius 2 is 1.71 bits per heavy atom. The molecule has 1 aliphatic carbocycles. The van der Waals surface area contributed by atoms with E-state index in [0.717, 1.165) is 43.7 Å². The minimum atomic E-state index is -0.214. The van der Waals surface area contributed by atoms with Crippen molar-refractivity contribution in [1.82, 2.24) is 20.1 Å². The van der Waals surface area contributed by atoms with Gasteiger partial charge in [0.2, 0.25) is 5.91 Å². The maximum atomic E-state index is 13.0. The van der Waals surface area contributed by atoms with Crippen molar-refractivity contribution in [1.29, 1.82) is 0 Å². The van der Waals surface area contributed by atoms with Crippen LogP contribution in [0.5, 0.6) is 0 Å². The van der Waals surface area contributed by atoms with Crippen LogP contribution in [0.25, 0.3) is 0 Å². The van der Waals surface area contributed by atoms with Crippen molar-refractivity contribution in [2.24, 2.45) is 0 Å². The Hall–Kier alpha value is -3.13. The van der Waals surface area contributed by atoms with Crippen LogP contribution < -0.4 is 15.1 Å². The summed E-state index contributed by atoms with van der Waals surface area (Å²) in [5.41, 5.74) is 1.92. The minimum absolute atomic E-state index is 0.00614. The Morgan fingerprint density at radius 1 is 0.971 bits per heavy atom. The summed E-state index contributed by atoms with van der Waals surface area (Å²) in [5, 5.41) is 3.31. The Bertz CT molecular complexity index is 1050. The molecular formula is C26H34N6O2. The standard InChI is InChI=1S/C26H34N6O2/c1-29(2)26(20-7-5-4-6-8-20)13-11-25(12-14-26)19-32(24(34)28-25)21-9-10-22(27-17-21)31-16-15-30(3)23(33)18-31/h4-10,17H,11-16,18-19H2,1-3H3,(H,28,34)/t25-,26-. The van der Waals surface area contributed by atoms with E-state index in [2.05, 4.69) is 59.6 Å².